The first-order chi connectivity index (χ1) is 8.90. The van der Waals surface area contributed by atoms with E-state index in [4.69, 9.17) is 0 Å². The van der Waals surface area contributed by atoms with Crippen LogP contribution in [0.2, 0.25) is 0 Å². The minimum absolute atomic E-state index is 0.0751. The van der Waals surface area contributed by atoms with Crippen molar-refractivity contribution in [2.75, 3.05) is 39.3 Å². The largest absolute Gasteiger partial charge is 0.292 e. The molecule has 0 saturated carbocycles. The Morgan fingerprint density at radius 1 is 0.889 bits per heavy atom. The van der Waals surface area contributed by atoms with Crippen LogP contribution in [0.3, 0.4) is 0 Å². The predicted octanol–water partition coefficient (Wildman–Crippen LogP) is -0.0105. The molecule has 1 aromatic rings. The molecule has 3 aliphatic heterocycles. The van der Waals surface area contributed by atoms with Gasteiger partial charge >= 0.3 is 0 Å². The molecule has 1 aromatic carbocycles. The molecule has 3 aliphatic rings. The van der Waals surface area contributed by atoms with Crippen LogP contribution in [0, 0.1) is 0 Å². The fourth-order valence-electron chi connectivity index (χ4n) is 3.84. The Hall–Kier alpha value is -0.940. The second kappa shape index (κ2) is 4.03. The topological polar surface area (TPSA) is 30.5 Å². The summed E-state index contributed by atoms with van der Waals surface area (Å²) in [6.07, 6.45) is 0.474. The zero-order valence-electron chi connectivity index (χ0n) is 10.6. The van der Waals surface area contributed by atoms with Crippen LogP contribution in [0.5, 0.6) is 0 Å². The van der Waals surface area contributed by atoms with Crippen molar-refractivity contribution in [3.05, 3.63) is 35.9 Å². The number of hydrogen-bond acceptors (Lipinski definition) is 4. The SMILES string of the molecule is c1ccc(C23NCCN4CCN(CCN2)C43)cc1. The molecule has 3 saturated heterocycles. The summed E-state index contributed by atoms with van der Waals surface area (Å²) in [6.45, 7) is 6.87. The van der Waals surface area contributed by atoms with Gasteiger partial charge in [-0.3, -0.25) is 20.4 Å². The van der Waals surface area contributed by atoms with Crippen LogP contribution in [0.15, 0.2) is 30.3 Å². The molecule has 4 nitrogen and oxygen atoms in total. The van der Waals surface area contributed by atoms with Crippen LogP contribution in [0.1, 0.15) is 5.56 Å². The lowest BCUT2D eigenvalue weighted by atomic mass is 9.91. The van der Waals surface area contributed by atoms with E-state index in [2.05, 4.69) is 50.8 Å². The quantitative estimate of drug-likeness (QED) is 0.727. The Morgan fingerprint density at radius 3 is 2.11 bits per heavy atom. The normalized spacial score (nSPS) is 36.6. The van der Waals surface area contributed by atoms with E-state index < -0.39 is 0 Å². The van der Waals surface area contributed by atoms with Gasteiger partial charge in [-0.05, 0) is 5.56 Å². The fraction of sp³-hybridized carbons (Fsp3) is 0.571. The Kier molecular flexibility index (Phi) is 2.45. The van der Waals surface area contributed by atoms with Gasteiger partial charge in [-0.2, -0.15) is 0 Å². The van der Waals surface area contributed by atoms with Crippen molar-refractivity contribution in [2.45, 2.75) is 11.8 Å². The van der Waals surface area contributed by atoms with Gasteiger partial charge in [-0.25, -0.2) is 0 Å². The van der Waals surface area contributed by atoms with Crippen molar-refractivity contribution in [2.24, 2.45) is 0 Å². The molecule has 0 aliphatic carbocycles. The van der Waals surface area contributed by atoms with Crippen molar-refractivity contribution in [3.63, 3.8) is 0 Å². The zero-order chi connectivity index (χ0) is 12.0. The van der Waals surface area contributed by atoms with Gasteiger partial charge in [-0.15, -0.1) is 0 Å². The van der Waals surface area contributed by atoms with Gasteiger partial charge in [0.2, 0.25) is 0 Å². The van der Waals surface area contributed by atoms with E-state index in [1.54, 1.807) is 0 Å². The summed E-state index contributed by atoms with van der Waals surface area (Å²) >= 11 is 0. The van der Waals surface area contributed by atoms with Gasteiger partial charge in [-0.1, -0.05) is 30.3 Å². The number of hydrogen-bond donors (Lipinski definition) is 2. The van der Waals surface area contributed by atoms with E-state index in [0.717, 1.165) is 26.2 Å². The molecule has 4 heteroatoms. The monoisotopic (exact) mass is 244 g/mol. The molecule has 0 atom stereocenters. The van der Waals surface area contributed by atoms with E-state index in [1.165, 1.54) is 18.7 Å². The first kappa shape index (κ1) is 10.9. The van der Waals surface area contributed by atoms with E-state index in [-0.39, 0.29) is 5.66 Å². The molecule has 0 amide bonds. The maximum Gasteiger partial charge on any atom is 0.125 e. The lowest BCUT2D eigenvalue weighted by molar-refractivity contribution is -0.0396. The highest BCUT2D eigenvalue weighted by Gasteiger charge is 2.53. The van der Waals surface area contributed by atoms with Crippen LogP contribution in [-0.4, -0.2) is 55.2 Å². The summed E-state index contributed by atoms with van der Waals surface area (Å²) in [5.41, 5.74) is 1.29. The van der Waals surface area contributed by atoms with Crippen LogP contribution in [-0.2, 0) is 5.66 Å². The summed E-state index contributed by atoms with van der Waals surface area (Å²) in [6, 6.07) is 10.9. The van der Waals surface area contributed by atoms with Crippen LogP contribution >= 0.6 is 0 Å². The summed E-state index contributed by atoms with van der Waals surface area (Å²) in [4.78, 5) is 5.24. The lowest BCUT2D eigenvalue weighted by Crippen LogP contribution is -2.75. The Balaban J connectivity index is 1.80. The molecule has 3 fully saturated rings. The predicted molar refractivity (Wildman–Crippen MR) is 71.1 cm³/mol. The number of benzene rings is 1. The highest BCUT2D eigenvalue weighted by Crippen LogP contribution is 2.35. The smallest absolute Gasteiger partial charge is 0.125 e. The Bertz CT molecular complexity index is 415. The molecule has 4 rings (SSSR count). The molecule has 0 radical (unpaired) electrons. The summed E-state index contributed by atoms with van der Waals surface area (Å²) in [5.74, 6) is 0. The zero-order valence-corrected chi connectivity index (χ0v) is 10.6. The van der Waals surface area contributed by atoms with Crippen LogP contribution < -0.4 is 10.6 Å². The average molecular weight is 244 g/mol. The van der Waals surface area contributed by atoms with E-state index >= 15 is 0 Å². The van der Waals surface area contributed by atoms with Crippen molar-refractivity contribution in [3.8, 4) is 0 Å². The lowest BCUT2D eigenvalue weighted by Gasteiger charge is -2.54. The van der Waals surface area contributed by atoms with Crippen molar-refractivity contribution in [1.29, 1.82) is 0 Å². The third kappa shape index (κ3) is 1.40. The molecule has 0 unspecified atom stereocenters. The van der Waals surface area contributed by atoms with Gasteiger partial charge in [0, 0.05) is 39.3 Å². The van der Waals surface area contributed by atoms with E-state index in [1.807, 2.05) is 0 Å². The molecule has 96 valence electrons. The third-order valence-electron chi connectivity index (χ3n) is 4.59. The number of rotatable bonds is 1. The van der Waals surface area contributed by atoms with E-state index in [9.17, 15) is 0 Å². The second-order valence-corrected chi connectivity index (χ2v) is 5.47. The molecule has 18 heavy (non-hydrogen) atoms. The number of nitrogens with one attached hydrogen (secondary N) is 2. The van der Waals surface area contributed by atoms with Crippen LogP contribution in [0.4, 0.5) is 0 Å². The Labute approximate surface area is 108 Å². The summed E-state index contributed by atoms with van der Waals surface area (Å²) < 4.78 is 0. The maximum absolute atomic E-state index is 3.76. The first-order valence-electron chi connectivity index (χ1n) is 6.94. The highest BCUT2D eigenvalue weighted by molar-refractivity contribution is 5.28. The molecule has 2 N–H and O–H groups in total. The van der Waals surface area contributed by atoms with Crippen molar-refractivity contribution < 1.29 is 0 Å². The van der Waals surface area contributed by atoms with Gasteiger partial charge in [0.15, 0.2) is 0 Å². The van der Waals surface area contributed by atoms with Crippen molar-refractivity contribution in [1.82, 2.24) is 20.4 Å². The Morgan fingerprint density at radius 2 is 1.50 bits per heavy atom. The summed E-state index contributed by atoms with van der Waals surface area (Å²) in [7, 11) is 0. The summed E-state index contributed by atoms with van der Waals surface area (Å²) in [5, 5.41) is 7.51. The molecule has 0 bridgehead atoms. The standard InChI is InChI=1S/C14H20N4/c1-2-4-12(5-3-1)14-13-17(8-6-15-14)10-11-18(13)9-7-16-14/h1-5,13,15-16H,6-11H2. The average Bonchev–Trinajstić information content (AvgIpc) is 2.86. The molecule has 3 heterocycles. The maximum atomic E-state index is 3.76. The van der Waals surface area contributed by atoms with Crippen LogP contribution in [0.25, 0.3) is 0 Å². The van der Waals surface area contributed by atoms with Gasteiger partial charge < -0.3 is 0 Å². The third-order valence-corrected chi connectivity index (χ3v) is 4.59. The minimum Gasteiger partial charge on any atom is -0.292 e. The molecular formula is C14H20N4. The molecule has 0 spiro atoms. The highest BCUT2D eigenvalue weighted by atomic mass is 15.5. The van der Waals surface area contributed by atoms with Gasteiger partial charge in [0.25, 0.3) is 0 Å². The molecule has 0 aromatic heterocycles. The van der Waals surface area contributed by atoms with Crippen molar-refractivity contribution >= 4 is 0 Å². The number of piperazine rings is 2. The fourth-order valence-corrected chi connectivity index (χ4v) is 3.84. The first-order valence-corrected chi connectivity index (χ1v) is 6.94. The second-order valence-electron chi connectivity index (χ2n) is 5.47. The van der Waals surface area contributed by atoms with Gasteiger partial charge in [0.1, 0.15) is 5.66 Å². The van der Waals surface area contributed by atoms with Gasteiger partial charge in [0.05, 0.1) is 6.17 Å². The minimum atomic E-state index is -0.0751. The number of nitrogens with zero attached hydrogens (tertiary/aromatic N) is 2. The molecular weight excluding hydrogens is 224 g/mol. The van der Waals surface area contributed by atoms with E-state index in [0.29, 0.717) is 6.17 Å².